The highest BCUT2D eigenvalue weighted by Crippen LogP contribution is 2.31. The Kier molecular flexibility index (Phi) is 9.15. The maximum absolute atomic E-state index is 10.1. The first-order valence-electron chi connectivity index (χ1n) is 7.77. The molecule has 0 saturated heterocycles. The minimum absolute atomic E-state index is 0.217. The molecule has 1 aromatic carbocycles. The Bertz CT molecular complexity index is 498. The molecule has 128 valence electrons. The fourth-order valence-electron chi connectivity index (χ4n) is 2.47. The minimum atomic E-state index is -0.577. The van der Waals surface area contributed by atoms with Gasteiger partial charge in [-0.2, -0.15) is 0 Å². The Morgan fingerprint density at radius 1 is 1.30 bits per heavy atom. The minimum Gasteiger partial charge on any atom is -0.493 e. The number of aliphatic hydroxyl groups is 1. The lowest BCUT2D eigenvalue weighted by Crippen LogP contribution is -2.35. The van der Waals surface area contributed by atoms with E-state index in [-0.39, 0.29) is 13.2 Å². The van der Waals surface area contributed by atoms with Gasteiger partial charge in [-0.15, -0.1) is 6.42 Å². The summed E-state index contributed by atoms with van der Waals surface area (Å²) in [5, 5.41) is 10.1. The number of methoxy groups -OCH3 is 2. The van der Waals surface area contributed by atoms with Gasteiger partial charge in [-0.3, -0.25) is 4.90 Å². The average Bonchev–Trinajstić information content (AvgIpc) is 2.55. The first-order chi connectivity index (χ1) is 11.2. The quantitative estimate of drug-likeness (QED) is 0.498. The lowest BCUT2D eigenvalue weighted by Gasteiger charge is -2.25. The molecule has 1 N–H and O–H groups in total. The van der Waals surface area contributed by atoms with Crippen LogP contribution in [0, 0.1) is 12.3 Å². The van der Waals surface area contributed by atoms with Gasteiger partial charge in [-0.25, -0.2) is 0 Å². The number of ether oxygens (including phenoxy) is 3. The molecule has 5 heteroatoms. The highest BCUT2D eigenvalue weighted by Gasteiger charge is 2.16. The first kappa shape index (κ1) is 19.3. The molecule has 1 aromatic rings. The summed E-state index contributed by atoms with van der Waals surface area (Å²) in [5.74, 6) is 3.83. The van der Waals surface area contributed by atoms with Gasteiger partial charge in [0.1, 0.15) is 6.61 Å². The SMILES string of the molecule is C#CCOC[C@@H](O)CN(CCC)Cc1cccc(OC)c1OC. The molecular weight excluding hydrogens is 294 g/mol. The van der Waals surface area contributed by atoms with Crippen molar-refractivity contribution in [3.05, 3.63) is 23.8 Å². The van der Waals surface area contributed by atoms with E-state index in [0.717, 1.165) is 24.3 Å². The zero-order valence-corrected chi connectivity index (χ0v) is 14.2. The van der Waals surface area contributed by atoms with Crippen molar-refractivity contribution in [1.29, 1.82) is 0 Å². The van der Waals surface area contributed by atoms with E-state index in [4.69, 9.17) is 20.6 Å². The van der Waals surface area contributed by atoms with E-state index in [1.165, 1.54) is 0 Å². The molecule has 1 atom stereocenters. The van der Waals surface area contributed by atoms with E-state index in [2.05, 4.69) is 17.7 Å². The zero-order valence-electron chi connectivity index (χ0n) is 14.2. The van der Waals surface area contributed by atoms with Gasteiger partial charge in [0.05, 0.1) is 26.9 Å². The maximum Gasteiger partial charge on any atom is 0.165 e. The monoisotopic (exact) mass is 321 g/mol. The number of aliphatic hydroxyl groups excluding tert-OH is 1. The molecule has 5 nitrogen and oxygen atoms in total. The van der Waals surface area contributed by atoms with E-state index in [9.17, 15) is 5.11 Å². The summed E-state index contributed by atoms with van der Waals surface area (Å²) in [6.45, 7) is 4.61. The maximum atomic E-state index is 10.1. The molecule has 0 spiro atoms. The number of nitrogens with zero attached hydrogens (tertiary/aromatic N) is 1. The second-order valence-corrected chi connectivity index (χ2v) is 5.26. The molecular formula is C18H27NO4. The molecule has 0 unspecified atom stereocenters. The van der Waals surface area contributed by atoms with Crippen molar-refractivity contribution >= 4 is 0 Å². The van der Waals surface area contributed by atoms with Crippen molar-refractivity contribution in [1.82, 2.24) is 4.90 Å². The van der Waals surface area contributed by atoms with Gasteiger partial charge in [0.15, 0.2) is 11.5 Å². The van der Waals surface area contributed by atoms with Crippen LogP contribution in [0.3, 0.4) is 0 Å². The molecule has 0 amide bonds. The lowest BCUT2D eigenvalue weighted by atomic mass is 10.1. The molecule has 23 heavy (non-hydrogen) atoms. The smallest absolute Gasteiger partial charge is 0.165 e. The van der Waals surface area contributed by atoms with Gasteiger partial charge < -0.3 is 19.3 Å². The summed E-state index contributed by atoms with van der Waals surface area (Å²) < 4.78 is 16.0. The van der Waals surface area contributed by atoms with Crippen molar-refractivity contribution in [2.24, 2.45) is 0 Å². The molecule has 0 heterocycles. The fourth-order valence-corrected chi connectivity index (χ4v) is 2.47. The number of benzene rings is 1. The number of hydrogen-bond donors (Lipinski definition) is 1. The van der Waals surface area contributed by atoms with Gasteiger partial charge in [0.2, 0.25) is 0 Å². The molecule has 0 aromatic heterocycles. The summed E-state index contributed by atoms with van der Waals surface area (Å²) in [5.41, 5.74) is 1.03. The molecule has 0 aliphatic carbocycles. The Morgan fingerprint density at radius 3 is 2.70 bits per heavy atom. The second-order valence-electron chi connectivity index (χ2n) is 5.26. The fraction of sp³-hybridized carbons (Fsp3) is 0.556. The van der Waals surface area contributed by atoms with Crippen LogP contribution in [0.5, 0.6) is 11.5 Å². The van der Waals surface area contributed by atoms with Crippen LogP contribution in [-0.2, 0) is 11.3 Å². The predicted octanol–water partition coefficient (Wildman–Crippen LogP) is 1.93. The van der Waals surface area contributed by atoms with Crippen LogP contribution < -0.4 is 9.47 Å². The van der Waals surface area contributed by atoms with Gasteiger partial charge in [-0.05, 0) is 19.0 Å². The molecule has 0 radical (unpaired) electrons. The van der Waals surface area contributed by atoms with Crippen molar-refractivity contribution in [3.63, 3.8) is 0 Å². The lowest BCUT2D eigenvalue weighted by molar-refractivity contribution is 0.0259. The van der Waals surface area contributed by atoms with E-state index >= 15 is 0 Å². The Morgan fingerprint density at radius 2 is 2.09 bits per heavy atom. The highest BCUT2D eigenvalue weighted by atomic mass is 16.5. The van der Waals surface area contributed by atoms with Crippen LogP contribution in [0.1, 0.15) is 18.9 Å². The van der Waals surface area contributed by atoms with Gasteiger partial charge in [0, 0.05) is 18.7 Å². The zero-order chi connectivity index (χ0) is 17.1. The molecule has 0 aliphatic rings. The van der Waals surface area contributed by atoms with Crippen molar-refractivity contribution in [3.8, 4) is 23.8 Å². The van der Waals surface area contributed by atoms with Crippen molar-refractivity contribution in [2.45, 2.75) is 26.0 Å². The largest absolute Gasteiger partial charge is 0.493 e. The molecule has 0 bridgehead atoms. The normalized spacial score (nSPS) is 12.0. The van der Waals surface area contributed by atoms with Crippen LogP contribution in [-0.4, -0.2) is 56.6 Å². The number of terminal acetylenes is 1. The number of rotatable bonds is 11. The number of hydrogen-bond acceptors (Lipinski definition) is 5. The summed E-state index contributed by atoms with van der Waals surface area (Å²) in [7, 11) is 3.26. The topological polar surface area (TPSA) is 51.2 Å². The van der Waals surface area contributed by atoms with Crippen LogP contribution in [0.2, 0.25) is 0 Å². The van der Waals surface area contributed by atoms with E-state index in [1.807, 2.05) is 18.2 Å². The van der Waals surface area contributed by atoms with E-state index < -0.39 is 6.10 Å². The summed E-state index contributed by atoms with van der Waals surface area (Å²) in [4.78, 5) is 2.17. The summed E-state index contributed by atoms with van der Waals surface area (Å²) in [6, 6.07) is 5.81. The molecule has 0 fully saturated rings. The van der Waals surface area contributed by atoms with Crippen LogP contribution >= 0.6 is 0 Å². The van der Waals surface area contributed by atoms with Crippen molar-refractivity contribution < 1.29 is 19.3 Å². The third-order valence-corrected chi connectivity index (χ3v) is 3.38. The summed E-state index contributed by atoms with van der Waals surface area (Å²) >= 11 is 0. The van der Waals surface area contributed by atoms with Gasteiger partial charge in [0.25, 0.3) is 0 Å². The predicted molar refractivity (Wildman–Crippen MR) is 90.8 cm³/mol. The van der Waals surface area contributed by atoms with Crippen LogP contribution in [0.15, 0.2) is 18.2 Å². The number of para-hydroxylation sites is 1. The van der Waals surface area contributed by atoms with Gasteiger partial charge in [-0.1, -0.05) is 25.0 Å². The third-order valence-electron chi connectivity index (χ3n) is 3.38. The van der Waals surface area contributed by atoms with E-state index in [0.29, 0.717) is 18.8 Å². The van der Waals surface area contributed by atoms with Crippen LogP contribution in [0.4, 0.5) is 0 Å². The van der Waals surface area contributed by atoms with Crippen molar-refractivity contribution in [2.75, 3.05) is 40.5 Å². The Labute approximate surface area is 139 Å². The molecule has 1 rings (SSSR count). The van der Waals surface area contributed by atoms with Gasteiger partial charge >= 0.3 is 0 Å². The molecule has 0 aliphatic heterocycles. The Balaban J connectivity index is 2.74. The highest BCUT2D eigenvalue weighted by molar-refractivity contribution is 5.46. The summed E-state index contributed by atoms with van der Waals surface area (Å²) in [6.07, 6.45) is 5.55. The third kappa shape index (κ3) is 6.49. The average molecular weight is 321 g/mol. The first-order valence-corrected chi connectivity index (χ1v) is 7.77. The standard InChI is InChI=1S/C18H27NO4/c1-5-10-19(13-16(20)14-23-11-6-2)12-15-8-7-9-17(21-3)18(15)22-4/h2,7-9,16,20H,5,10-14H2,1,3-4H3/t16-/m0/s1. The second kappa shape index (κ2) is 10.9. The molecule has 0 saturated carbocycles. The van der Waals surface area contributed by atoms with Crippen LogP contribution in [0.25, 0.3) is 0 Å². The Hall–Kier alpha value is -1.74. The van der Waals surface area contributed by atoms with E-state index in [1.54, 1.807) is 14.2 Å².